The number of rotatable bonds is 7. The number of anilines is 1. The summed E-state index contributed by atoms with van der Waals surface area (Å²) in [5, 5.41) is 2.10. The third kappa shape index (κ3) is 4.45. The number of hydrogen-bond donors (Lipinski definition) is 0. The Labute approximate surface area is 182 Å². The zero-order valence-corrected chi connectivity index (χ0v) is 18.7. The van der Waals surface area contributed by atoms with Crippen LogP contribution in [0, 0.1) is 13.8 Å². The summed E-state index contributed by atoms with van der Waals surface area (Å²) < 4.78 is 7.59. The van der Waals surface area contributed by atoms with E-state index in [1.165, 1.54) is 10.6 Å². The van der Waals surface area contributed by atoms with E-state index in [0.717, 1.165) is 55.4 Å². The molecule has 158 valence electrons. The molecule has 2 aromatic heterocycles. The molecule has 0 spiro atoms. The summed E-state index contributed by atoms with van der Waals surface area (Å²) >= 11 is 1.76. The summed E-state index contributed by atoms with van der Waals surface area (Å²) in [6.07, 6.45) is 0. The number of aromatic nitrogens is 1. The molecular formula is C24H29N3O2S. The predicted octanol–water partition coefficient (Wildman–Crippen LogP) is 4.23. The van der Waals surface area contributed by atoms with Crippen molar-refractivity contribution in [3.8, 4) is 5.75 Å². The third-order valence-electron chi connectivity index (χ3n) is 5.93. The van der Waals surface area contributed by atoms with Gasteiger partial charge in [-0.1, -0.05) is 12.1 Å². The van der Waals surface area contributed by atoms with Crippen LogP contribution in [0.1, 0.15) is 26.6 Å². The quantitative estimate of drug-likeness (QED) is 0.533. The molecule has 0 radical (unpaired) electrons. The van der Waals surface area contributed by atoms with Gasteiger partial charge in [0.15, 0.2) is 5.78 Å². The minimum atomic E-state index is 0.218. The lowest BCUT2D eigenvalue weighted by molar-refractivity contribution is 0.0925. The zero-order chi connectivity index (χ0) is 21.1. The summed E-state index contributed by atoms with van der Waals surface area (Å²) in [6.45, 7) is 9.07. The molecule has 0 N–H and O–H groups in total. The number of ketones is 1. The van der Waals surface area contributed by atoms with E-state index in [9.17, 15) is 4.79 Å². The Morgan fingerprint density at radius 2 is 1.87 bits per heavy atom. The predicted molar refractivity (Wildman–Crippen MR) is 123 cm³/mol. The summed E-state index contributed by atoms with van der Waals surface area (Å²) in [4.78, 5) is 19.0. The van der Waals surface area contributed by atoms with E-state index in [1.54, 1.807) is 18.4 Å². The smallest absolute Gasteiger partial charge is 0.178 e. The van der Waals surface area contributed by atoms with Crippen LogP contribution in [0.4, 0.5) is 5.69 Å². The monoisotopic (exact) mass is 423 g/mol. The second kappa shape index (κ2) is 9.06. The summed E-state index contributed by atoms with van der Waals surface area (Å²) in [5.74, 6) is 1.10. The molecule has 0 unspecified atom stereocenters. The molecule has 6 heteroatoms. The van der Waals surface area contributed by atoms with Crippen molar-refractivity contribution in [3.05, 3.63) is 69.7 Å². The Bertz CT molecular complexity index is 1000. The second-order valence-electron chi connectivity index (χ2n) is 7.84. The number of thiophene rings is 1. The first-order chi connectivity index (χ1) is 14.5. The van der Waals surface area contributed by atoms with Gasteiger partial charge in [-0.3, -0.25) is 9.69 Å². The van der Waals surface area contributed by atoms with Crippen LogP contribution in [-0.4, -0.2) is 55.1 Å². The maximum Gasteiger partial charge on any atom is 0.178 e. The molecule has 0 amide bonds. The van der Waals surface area contributed by atoms with E-state index in [2.05, 4.69) is 63.9 Å². The minimum absolute atomic E-state index is 0.218. The van der Waals surface area contributed by atoms with Crippen LogP contribution < -0.4 is 9.64 Å². The maximum absolute atomic E-state index is 13.1. The first-order valence-corrected chi connectivity index (χ1v) is 11.3. The molecule has 0 saturated carbocycles. The van der Waals surface area contributed by atoms with Gasteiger partial charge in [-0.2, -0.15) is 0 Å². The molecule has 1 saturated heterocycles. The Balaban J connectivity index is 1.37. The lowest BCUT2D eigenvalue weighted by atomic mass is 10.1. The number of piperazine rings is 1. The van der Waals surface area contributed by atoms with Gasteiger partial charge in [0.05, 0.1) is 20.2 Å². The average Bonchev–Trinajstić information content (AvgIpc) is 3.38. The second-order valence-corrected chi connectivity index (χ2v) is 8.87. The van der Waals surface area contributed by atoms with Crippen LogP contribution >= 0.6 is 11.3 Å². The average molecular weight is 424 g/mol. The van der Waals surface area contributed by atoms with Crippen molar-refractivity contribution in [1.29, 1.82) is 0 Å². The number of carbonyl (C=O) groups is 1. The molecule has 1 aliphatic heterocycles. The Kier molecular flexibility index (Phi) is 6.25. The summed E-state index contributed by atoms with van der Waals surface area (Å²) in [7, 11) is 1.69. The fourth-order valence-corrected chi connectivity index (χ4v) is 4.84. The molecule has 1 aliphatic rings. The highest BCUT2D eigenvalue weighted by Gasteiger charge is 2.22. The van der Waals surface area contributed by atoms with Crippen LogP contribution in [0.3, 0.4) is 0 Å². The number of benzene rings is 1. The van der Waals surface area contributed by atoms with Gasteiger partial charge < -0.3 is 14.2 Å². The highest BCUT2D eigenvalue weighted by molar-refractivity contribution is 7.09. The molecule has 0 bridgehead atoms. The molecule has 3 aromatic rings. The van der Waals surface area contributed by atoms with Gasteiger partial charge in [0.2, 0.25) is 0 Å². The van der Waals surface area contributed by atoms with Crippen LogP contribution in [0.5, 0.6) is 5.75 Å². The number of nitrogens with zero attached hydrogens (tertiary/aromatic N) is 3. The number of Topliss-reactive ketones (excluding diaryl/α,β-unsaturated/α-hetero) is 1. The van der Waals surface area contributed by atoms with E-state index in [1.807, 2.05) is 12.1 Å². The van der Waals surface area contributed by atoms with Gasteiger partial charge in [0.1, 0.15) is 5.75 Å². The molecule has 3 heterocycles. The maximum atomic E-state index is 13.1. The third-order valence-corrected chi connectivity index (χ3v) is 6.79. The number of hydrogen-bond acceptors (Lipinski definition) is 5. The van der Waals surface area contributed by atoms with Crippen molar-refractivity contribution in [2.45, 2.75) is 20.4 Å². The van der Waals surface area contributed by atoms with Gasteiger partial charge in [-0.25, -0.2) is 0 Å². The molecule has 1 aromatic carbocycles. The van der Waals surface area contributed by atoms with Crippen LogP contribution in [-0.2, 0) is 6.54 Å². The number of methoxy groups -OCH3 is 1. The normalized spacial score (nSPS) is 14.8. The highest BCUT2D eigenvalue weighted by atomic mass is 32.1. The van der Waals surface area contributed by atoms with Gasteiger partial charge in [0, 0.05) is 59.8 Å². The molecule has 30 heavy (non-hydrogen) atoms. The van der Waals surface area contributed by atoms with Crippen molar-refractivity contribution in [3.63, 3.8) is 0 Å². The minimum Gasteiger partial charge on any atom is -0.497 e. The van der Waals surface area contributed by atoms with E-state index in [4.69, 9.17) is 4.74 Å². The first-order valence-electron chi connectivity index (χ1n) is 10.4. The van der Waals surface area contributed by atoms with E-state index in [-0.39, 0.29) is 5.78 Å². The van der Waals surface area contributed by atoms with Crippen molar-refractivity contribution in [1.82, 2.24) is 9.47 Å². The Hall–Kier alpha value is -2.57. The van der Waals surface area contributed by atoms with Gasteiger partial charge >= 0.3 is 0 Å². The molecular weight excluding hydrogens is 394 g/mol. The number of aryl methyl sites for hydroxylation is 1. The lowest BCUT2D eigenvalue weighted by Gasteiger charge is -2.35. The van der Waals surface area contributed by atoms with Crippen molar-refractivity contribution in [2.24, 2.45) is 0 Å². The van der Waals surface area contributed by atoms with E-state index in [0.29, 0.717) is 6.54 Å². The highest BCUT2D eigenvalue weighted by Crippen LogP contribution is 2.23. The Morgan fingerprint density at radius 1 is 1.07 bits per heavy atom. The van der Waals surface area contributed by atoms with Crippen LogP contribution in [0.15, 0.2) is 47.8 Å². The molecule has 5 nitrogen and oxygen atoms in total. The summed E-state index contributed by atoms with van der Waals surface area (Å²) in [6, 6.07) is 14.5. The van der Waals surface area contributed by atoms with Crippen LogP contribution in [0.25, 0.3) is 0 Å². The van der Waals surface area contributed by atoms with Crippen LogP contribution in [0.2, 0.25) is 0 Å². The van der Waals surface area contributed by atoms with Gasteiger partial charge in [-0.15, -0.1) is 11.3 Å². The first kappa shape index (κ1) is 20.7. The molecule has 4 rings (SSSR count). The number of carbonyl (C=O) groups excluding carboxylic acids is 1. The summed E-state index contributed by atoms with van der Waals surface area (Å²) in [5.41, 5.74) is 4.25. The number of ether oxygens (including phenoxy) is 1. The topological polar surface area (TPSA) is 37.7 Å². The van der Waals surface area contributed by atoms with Crippen molar-refractivity contribution in [2.75, 3.05) is 44.7 Å². The molecule has 0 aliphatic carbocycles. The van der Waals surface area contributed by atoms with Gasteiger partial charge in [-0.05, 0) is 43.5 Å². The largest absolute Gasteiger partial charge is 0.497 e. The standard InChI is InChI=1S/C24H29N3O2S/c1-18-14-23(19(2)27(18)16-22-8-5-13-30-22)24(28)17-25-9-11-26(12-10-25)20-6-4-7-21(15-20)29-3/h4-8,13-15H,9-12,16-17H2,1-3H3. The van der Waals surface area contributed by atoms with E-state index < -0.39 is 0 Å². The van der Waals surface area contributed by atoms with E-state index >= 15 is 0 Å². The zero-order valence-electron chi connectivity index (χ0n) is 17.9. The fraction of sp³-hybridized carbons (Fsp3) is 0.375. The van der Waals surface area contributed by atoms with Crippen molar-refractivity contribution >= 4 is 22.8 Å². The Morgan fingerprint density at radius 3 is 2.57 bits per heavy atom. The van der Waals surface area contributed by atoms with Crippen molar-refractivity contribution < 1.29 is 9.53 Å². The SMILES string of the molecule is COc1cccc(N2CCN(CC(=O)c3cc(C)n(Cc4cccs4)c3C)CC2)c1. The lowest BCUT2D eigenvalue weighted by Crippen LogP contribution is -2.48. The molecule has 1 fully saturated rings. The fourth-order valence-electron chi connectivity index (χ4n) is 4.14. The molecule has 0 atom stereocenters. The van der Waals surface area contributed by atoms with Gasteiger partial charge in [0.25, 0.3) is 0 Å².